The second-order valence-corrected chi connectivity index (χ2v) is 9.86. The fourth-order valence-electron chi connectivity index (χ4n) is 4.16. The summed E-state index contributed by atoms with van der Waals surface area (Å²) in [5.41, 5.74) is 0.229. The quantitative estimate of drug-likeness (QED) is 0.367. The van der Waals surface area contributed by atoms with Crippen LogP contribution in [0.25, 0.3) is 11.3 Å². The monoisotopic (exact) mass is 525 g/mol. The molecule has 0 amide bonds. The number of nitrogens with zero attached hydrogens (tertiary/aromatic N) is 1. The molecular formula is C28H25ClFNO6. The maximum absolute atomic E-state index is 13.7. The molecule has 1 saturated carbocycles. The van der Waals surface area contributed by atoms with Gasteiger partial charge in [-0.1, -0.05) is 11.6 Å². The van der Waals surface area contributed by atoms with Gasteiger partial charge in [0.25, 0.3) is 0 Å². The number of fused-ring (bicyclic) bond motifs is 1. The van der Waals surface area contributed by atoms with Crippen LogP contribution in [0.3, 0.4) is 0 Å². The maximum atomic E-state index is 13.7. The fraction of sp³-hybridized carbons (Fsp3) is 0.321. The molecule has 1 N–H and O–H groups in total. The minimum atomic E-state index is -1.34. The number of ketones is 2. The Balaban J connectivity index is 1.37. The van der Waals surface area contributed by atoms with E-state index < -0.39 is 11.4 Å². The highest BCUT2D eigenvalue weighted by Crippen LogP contribution is 2.43. The molecule has 9 heteroatoms. The maximum Gasteiger partial charge on any atom is 0.181 e. The Labute approximate surface area is 218 Å². The lowest BCUT2D eigenvalue weighted by molar-refractivity contribution is 0.0350. The third kappa shape index (κ3) is 5.17. The Hall–Kier alpha value is -3.49. The van der Waals surface area contributed by atoms with Crippen LogP contribution in [0.15, 0.2) is 42.5 Å². The van der Waals surface area contributed by atoms with Gasteiger partial charge in [0.2, 0.25) is 0 Å². The summed E-state index contributed by atoms with van der Waals surface area (Å²) in [5.74, 6) is 0.155. The molecule has 0 saturated heterocycles. The number of carbonyl (C=O) groups excluding carboxylic acids is 2. The number of hydrogen-bond donors (Lipinski definition) is 1. The first-order valence-electron chi connectivity index (χ1n) is 11.9. The highest BCUT2D eigenvalue weighted by molar-refractivity contribution is 6.31. The zero-order chi connectivity index (χ0) is 26.3. The van der Waals surface area contributed by atoms with Crippen LogP contribution < -0.4 is 14.2 Å². The number of aliphatic hydroxyl groups is 1. The first-order valence-corrected chi connectivity index (χ1v) is 12.3. The highest BCUT2D eigenvalue weighted by Gasteiger charge is 2.38. The van der Waals surface area contributed by atoms with Crippen molar-refractivity contribution in [2.45, 2.75) is 44.3 Å². The van der Waals surface area contributed by atoms with Crippen LogP contribution in [-0.2, 0) is 5.60 Å². The molecule has 3 aromatic rings. The molecule has 2 aliphatic rings. The SMILES string of the molecule is COc1cc(C(=O)CCC(=O)c2cc3c(c(-c4ccc(F)c(Cl)c4)n2)OCC3(C)O)ccc1OC1CC1. The summed E-state index contributed by atoms with van der Waals surface area (Å²) in [5, 5.41) is 10.7. The van der Waals surface area contributed by atoms with Gasteiger partial charge in [-0.2, -0.15) is 0 Å². The fourth-order valence-corrected chi connectivity index (χ4v) is 4.34. The Morgan fingerprint density at radius 2 is 1.89 bits per heavy atom. The van der Waals surface area contributed by atoms with Crippen molar-refractivity contribution in [3.05, 3.63) is 70.1 Å². The average Bonchev–Trinajstić information content (AvgIpc) is 3.65. The molecule has 1 atom stereocenters. The molecule has 0 radical (unpaired) electrons. The molecule has 37 heavy (non-hydrogen) atoms. The molecule has 7 nitrogen and oxygen atoms in total. The summed E-state index contributed by atoms with van der Waals surface area (Å²) in [4.78, 5) is 30.5. The lowest BCUT2D eigenvalue weighted by Gasteiger charge is -2.15. The van der Waals surface area contributed by atoms with E-state index in [1.165, 1.54) is 31.4 Å². The van der Waals surface area contributed by atoms with Crippen molar-refractivity contribution in [2.75, 3.05) is 13.7 Å². The molecule has 5 rings (SSSR count). The molecule has 1 unspecified atom stereocenters. The molecule has 1 fully saturated rings. The molecule has 1 aliphatic carbocycles. The third-order valence-corrected chi connectivity index (χ3v) is 6.70. The summed E-state index contributed by atoms with van der Waals surface area (Å²) in [6.45, 7) is 1.55. The lowest BCUT2D eigenvalue weighted by Crippen LogP contribution is -2.22. The van der Waals surface area contributed by atoms with E-state index in [1.807, 2.05) is 0 Å². The van der Waals surface area contributed by atoms with E-state index in [0.29, 0.717) is 33.9 Å². The van der Waals surface area contributed by atoms with Crippen molar-refractivity contribution in [3.8, 4) is 28.5 Å². The van der Waals surface area contributed by atoms with Crippen LogP contribution in [0.5, 0.6) is 17.2 Å². The summed E-state index contributed by atoms with van der Waals surface area (Å²) in [7, 11) is 1.51. The Morgan fingerprint density at radius 1 is 1.14 bits per heavy atom. The van der Waals surface area contributed by atoms with Crippen molar-refractivity contribution < 1.29 is 33.3 Å². The molecule has 2 aromatic carbocycles. The van der Waals surface area contributed by atoms with Crippen LogP contribution in [0.1, 0.15) is 59.0 Å². The first-order chi connectivity index (χ1) is 17.7. The zero-order valence-electron chi connectivity index (χ0n) is 20.3. The molecule has 1 aliphatic heterocycles. The van der Waals surface area contributed by atoms with Crippen LogP contribution >= 0.6 is 11.6 Å². The normalized spacial score (nSPS) is 18.2. The largest absolute Gasteiger partial charge is 0.493 e. The van der Waals surface area contributed by atoms with Gasteiger partial charge in [-0.05, 0) is 62.2 Å². The number of benzene rings is 2. The molecule has 0 bridgehead atoms. The van der Waals surface area contributed by atoms with Crippen molar-refractivity contribution in [3.63, 3.8) is 0 Å². The smallest absolute Gasteiger partial charge is 0.181 e. The first kappa shape index (κ1) is 25.2. The van der Waals surface area contributed by atoms with Crippen molar-refractivity contribution in [2.24, 2.45) is 0 Å². The predicted molar refractivity (Wildman–Crippen MR) is 134 cm³/mol. The van der Waals surface area contributed by atoms with Gasteiger partial charge in [0.15, 0.2) is 28.8 Å². The van der Waals surface area contributed by atoms with E-state index in [1.54, 1.807) is 25.1 Å². The third-order valence-electron chi connectivity index (χ3n) is 6.41. The number of rotatable bonds is 9. The Kier molecular flexibility index (Phi) is 6.64. The minimum Gasteiger partial charge on any atom is -0.493 e. The summed E-state index contributed by atoms with van der Waals surface area (Å²) in [6.07, 6.45) is 2.05. The van der Waals surface area contributed by atoms with Crippen LogP contribution in [0.4, 0.5) is 4.39 Å². The van der Waals surface area contributed by atoms with Gasteiger partial charge in [-0.15, -0.1) is 0 Å². The lowest BCUT2D eigenvalue weighted by atomic mass is 9.94. The van der Waals surface area contributed by atoms with Crippen molar-refractivity contribution in [1.29, 1.82) is 0 Å². The summed E-state index contributed by atoms with van der Waals surface area (Å²) >= 11 is 5.96. The van der Waals surface area contributed by atoms with Gasteiger partial charge in [0.1, 0.15) is 29.4 Å². The van der Waals surface area contributed by atoms with Gasteiger partial charge in [0.05, 0.1) is 18.2 Å². The number of carbonyl (C=O) groups is 2. The number of aromatic nitrogens is 1. The number of hydrogen-bond acceptors (Lipinski definition) is 7. The average molecular weight is 526 g/mol. The van der Waals surface area contributed by atoms with Crippen LogP contribution in [-0.4, -0.2) is 41.5 Å². The highest BCUT2D eigenvalue weighted by atomic mass is 35.5. The Bertz CT molecular complexity index is 1400. The second-order valence-electron chi connectivity index (χ2n) is 9.45. The molecule has 192 valence electrons. The number of halogens is 2. The minimum absolute atomic E-state index is 0.0235. The Morgan fingerprint density at radius 3 is 2.59 bits per heavy atom. The van der Waals surface area contributed by atoms with Crippen LogP contribution in [0, 0.1) is 5.82 Å². The molecule has 1 aromatic heterocycles. The molecular weight excluding hydrogens is 501 g/mol. The number of Topliss-reactive ketones (excluding diaryl/α,β-unsaturated/α-hetero) is 2. The second kappa shape index (κ2) is 9.76. The van der Waals surface area contributed by atoms with E-state index in [9.17, 15) is 19.1 Å². The summed E-state index contributed by atoms with van der Waals surface area (Å²) in [6, 6.07) is 10.5. The van der Waals surface area contributed by atoms with Crippen molar-refractivity contribution >= 4 is 23.2 Å². The van der Waals surface area contributed by atoms with E-state index in [0.717, 1.165) is 12.8 Å². The van der Waals surface area contributed by atoms with Crippen LogP contribution in [0.2, 0.25) is 5.02 Å². The van der Waals surface area contributed by atoms with E-state index in [4.69, 9.17) is 25.8 Å². The molecule has 0 spiro atoms. The molecule has 2 heterocycles. The van der Waals surface area contributed by atoms with Crippen molar-refractivity contribution in [1.82, 2.24) is 4.98 Å². The number of methoxy groups -OCH3 is 1. The zero-order valence-corrected chi connectivity index (χ0v) is 21.1. The van der Waals surface area contributed by atoms with Gasteiger partial charge in [-0.25, -0.2) is 9.37 Å². The summed E-state index contributed by atoms with van der Waals surface area (Å²) < 4.78 is 30.6. The topological polar surface area (TPSA) is 95.0 Å². The van der Waals surface area contributed by atoms with E-state index in [-0.39, 0.29) is 53.5 Å². The van der Waals surface area contributed by atoms with E-state index >= 15 is 0 Å². The van der Waals surface area contributed by atoms with Gasteiger partial charge < -0.3 is 19.3 Å². The van der Waals surface area contributed by atoms with Gasteiger partial charge in [0, 0.05) is 29.5 Å². The standard InChI is InChI=1S/C28H25ClFNO6/c1-28(34)14-36-27-18(28)13-21(31-26(27)16-3-7-20(30)19(29)11-16)23(33)9-8-22(32)15-4-10-24(25(12-15)35-2)37-17-5-6-17/h3-4,7,10-13,17,34H,5-6,8-9,14H2,1-2H3. The van der Waals surface area contributed by atoms with Gasteiger partial charge >= 0.3 is 0 Å². The number of ether oxygens (including phenoxy) is 3. The predicted octanol–water partition coefficient (Wildman–Crippen LogP) is 5.54. The van der Waals surface area contributed by atoms with Gasteiger partial charge in [-0.3, -0.25) is 9.59 Å². The van der Waals surface area contributed by atoms with E-state index in [2.05, 4.69) is 4.98 Å². The number of pyridine rings is 1.